The van der Waals surface area contributed by atoms with Crippen LogP contribution in [-0.4, -0.2) is 105 Å². The largest absolute Gasteiger partial charge is 0.464 e. The summed E-state index contributed by atoms with van der Waals surface area (Å²) in [6, 6.07) is 26.0. The van der Waals surface area contributed by atoms with Gasteiger partial charge < -0.3 is 29.5 Å². The predicted molar refractivity (Wildman–Crippen MR) is 210 cm³/mol. The van der Waals surface area contributed by atoms with Crippen LogP contribution in [0, 0.1) is 39.6 Å². The van der Waals surface area contributed by atoms with Crippen LogP contribution >= 0.6 is 22.6 Å². The SMILES string of the molecule is C#CC1(O)C(=O)N(C)C2CC21.COC(=O)c1cccc(-c2cccc(C#CC3(O)C(=O)N(C)C4CC43)c2)n1.COC(=O)c1cccc(-c2cccc(I)c2)n1. The summed E-state index contributed by atoms with van der Waals surface area (Å²) in [6.45, 7) is 0. The van der Waals surface area contributed by atoms with Gasteiger partial charge in [-0.1, -0.05) is 54.2 Å². The summed E-state index contributed by atoms with van der Waals surface area (Å²) in [5.41, 5.74) is 1.26. The lowest BCUT2D eigenvalue weighted by Gasteiger charge is -2.18. The van der Waals surface area contributed by atoms with Gasteiger partial charge in [-0.15, -0.1) is 6.42 Å². The van der Waals surface area contributed by atoms with E-state index >= 15 is 0 Å². The zero-order chi connectivity index (χ0) is 39.7. The lowest BCUT2D eigenvalue weighted by atomic mass is 9.98. The fourth-order valence-electron chi connectivity index (χ4n) is 6.79. The number of piperidine rings is 2. The third-order valence-corrected chi connectivity index (χ3v) is 10.7. The molecule has 8 rings (SSSR count). The Kier molecular flexibility index (Phi) is 11.1. The average molecular weight is 853 g/mol. The van der Waals surface area contributed by atoms with Crippen LogP contribution in [0.5, 0.6) is 0 Å². The first-order chi connectivity index (χ1) is 26.2. The van der Waals surface area contributed by atoms with Crippen molar-refractivity contribution in [1.82, 2.24) is 19.8 Å². The number of pyridine rings is 2. The number of likely N-dealkylation sites (tertiary alicyclic amines) is 2. The summed E-state index contributed by atoms with van der Waals surface area (Å²) in [4.78, 5) is 58.2. The monoisotopic (exact) mass is 852 g/mol. The van der Waals surface area contributed by atoms with Gasteiger partial charge in [0.25, 0.3) is 11.8 Å². The van der Waals surface area contributed by atoms with Crippen molar-refractivity contribution in [2.24, 2.45) is 11.8 Å². The molecule has 12 nitrogen and oxygen atoms in total. The van der Waals surface area contributed by atoms with E-state index in [-0.39, 0.29) is 41.4 Å². The van der Waals surface area contributed by atoms with Crippen molar-refractivity contribution >= 4 is 46.3 Å². The molecule has 2 aliphatic heterocycles. The lowest BCUT2D eigenvalue weighted by molar-refractivity contribution is -0.141. The Morgan fingerprint density at radius 2 is 1.24 bits per heavy atom. The van der Waals surface area contributed by atoms with Gasteiger partial charge in [0.15, 0.2) is 0 Å². The Morgan fingerprint density at radius 1 is 0.764 bits per heavy atom. The number of rotatable bonds is 4. The molecule has 4 aromatic rings. The highest BCUT2D eigenvalue weighted by Crippen LogP contribution is 2.51. The number of likely N-dealkylation sites (N-methyl/N-ethyl adjacent to an activating group) is 2. The van der Waals surface area contributed by atoms with Gasteiger partial charge >= 0.3 is 11.9 Å². The van der Waals surface area contributed by atoms with Gasteiger partial charge in [-0.25, -0.2) is 19.6 Å². The zero-order valence-corrected chi connectivity index (χ0v) is 32.6. The molecule has 4 heterocycles. The van der Waals surface area contributed by atoms with Gasteiger partial charge in [0.1, 0.15) is 11.4 Å². The number of halogens is 1. The normalized spacial score (nSPS) is 25.0. The topological polar surface area (TPSA) is 159 Å². The molecule has 0 radical (unpaired) electrons. The summed E-state index contributed by atoms with van der Waals surface area (Å²) in [6.07, 6.45) is 6.73. The number of hydrogen-bond donors (Lipinski definition) is 2. The summed E-state index contributed by atoms with van der Waals surface area (Å²) in [7, 11) is 6.04. The molecule has 6 atom stereocenters. The Hall–Kier alpha value is -5.61. The van der Waals surface area contributed by atoms with E-state index in [1.165, 1.54) is 14.2 Å². The molecule has 13 heteroatoms. The summed E-state index contributed by atoms with van der Waals surface area (Å²) in [5, 5.41) is 20.3. The van der Waals surface area contributed by atoms with Gasteiger partial charge in [-0.05, 0) is 84.0 Å². The average Bonchev–Trinajstić information content (AvgIpc) is 4.15. The number of nitrogens with zero attached hydrogens (tertiary/aromatic N) is 4. The number of terminal acetylenes is 1. The smallest absolute Gasteiger partial charge is 0.356 e. The van der Waals surface area contributed by atoms with Crippen LogP contribution in [-0.2, 0) is 19.1 Å². The van der Waals surface area contributed by atoms with Gasteiger partial charge in [0.2, 0.25) is 11.2 Å². The molecule has 2 aromatic carbocycles. The number of fused-ring (bicyclic) bond motifs is 2. The number of carbonyl (C=O) groups excluding carboxylic acids is 4. The fraction of sp³-hybridized carbons (Fsp3) is 0.286. The summed E-state index contributed by atoms with van der Waals surface area (Å²) < 4.78 is 10.5. The second kappa shape index (κ2) is 15.6. The van der Waals surface area contributed by atoms with Crippen molar-refractivity contribution < 1.29 is 38.9 Å². The van der Waals surface area contributed by atoms with Crippen molar-refractivity contribution in [3.05, 3.63) is 105 Å². The molecule has 4 aliphatic rings. The Bertz CT molecular complexity index is 2300. The third-order valence-electron chi connectivity index (χ3n) is 10.1. The number of esters is 2. The Labute approximate surface area is 332 Å². The molecule has 2 N–H and O–H groups in total. The first kappa shape index (κ1) is 39.1. The minimum Gasteiger partial charge on any atom is -0.464 e. The van der Waals surface area contributed by atoms with Crippen LogP contribution in [0.25, 0.3) is 22.5 Å². The first-order valence-electron chi connectivity index (χ1n) is 17.2. The van der Waals surface area contributed by atoms with Gasteiger partial charge in [-0.2, -0.15) is 0 Å². The highest BCUT2D eigenvalue weighted by Gasteiger charge is 2.66. The van der Waals surface area contributed by atoms with Gasteiger partial charge in [-0.3, -0.25) is 9.59 Å². The van der Waals surface area contributed by atoms with E-state index in [9.17, 15) is 29.4 Å². The number of hydrogen-bond acceptors (Lipinski definition) is 10. The maximum atomic E-state index is 12.2. The van der Waals surface area contributed by atoms with Crippen LogP contribution in [0.1, 0.15) is 39.4 Å². The number of benzene rings is 2. The summed E-state index contributed by atoms with van der Waals surface area (Å²) >= 11 is 2.24. The standard InChI is InChI=1S/C21H18N2O4.C13H10INO2.C8H9NO2/c1-23-18-12-15(18)21(26,20(23)25)10-9-13-5-3-6-14(11-13)16-7-4-8-17(22-16)19(24)27-2;1-17-13(16)12-7-3-6-11(15-12)9-4-2-5-10(14)8-9;1-3-8(11)5-4-6(5)9(2)7(8)10/h3-8,11,15,18,26H,12H2,1-2H3;2-8H,1H3;1,5-6,11H,4H2,2H3. The second-order valence-corrected chi connectivity index (χ2v) is 14.7. The molecule has 0 spiro atoms. The molecule has 2 aromatic heterocycles. The van der Waals surface area contributed by atoms with Crippen molar-refractivity contribution in [3.63, 3.8) is 0 Å². The molecule has 2 aliphatic carbocycles. The van der Waals surface area contributed by atoms with E-state index in [4.69, 9.17) is 11.2 Å². The van der Waals surface area contributed by atoms with Crippen LogP contribution in [0.3, 0.4) is 0 Å². The number of amides is 2. The van der Waals surface area contributed by atoms with E-state index < -0.39 is 23.1 Å². The van der Waals surface area contributed by atoms with Gasteiger partial charge in [0, 0.05) is 58.3 Å². The number of ether oxygens (including phenoxy) is 2. The van der Waals surface area contributed by atoms with Crippen molar-refractivity contribution in [1.29, 1.82) is 0 Å². The zero-order valence-electron chi connectivity index (χ0n) is 30.4. The Balaban J connectivity index is 0.000000156. The van der Waals surface area contributed by atoms with Crippen LogP contribution in [0.2, 0.25) is 0 Å². The molecule has 4 fully saturated rings. The number of aromatic nitrogens is 2. The predicted octanol–water partition coefficient (Wildman–Crippen LogP) is 3.83. The highest BCUT2D eigenvalue weighted by molar-refractivity contribution is 14.1. The van der Waals surface area contributed by atoms with E-state index in [1.807, 2.05) is 48.5 Å². The maximum Gasteiger partial charge on any atom is 0.356 e. The second-order valence-electron chi connectivity index (χ2n) is 13.5. The van der Waals surface area contributed by atoms with E-state index in [0.717, 1.165) is 33.2 Å². The number of carbonyl (C=O) groups is 4. The first-order valence-corrected chi connectivity index (χ1v) is 18.3. The molecular formula is C42H37IN4O8. The highest BCUT2D eigenvalue weighted by atomic mass is 127. The third kappa shape index (κ3) is 7.82. The van der Waals surface area contributed by atoms with Crippen molar-refractivity contribution in [2.45, 2.75) is 36.1 Å². The van der Waals surface area contributed by atoms with Crippen molar-refractivity contribution in [2.75, 3.05) is 28.3 Å². The van der Waals surface area contributed by atoms with Gasteiger partial charge in [0.05, 0.1) is 25.6 Å². The minimum absolute atomic E-state index is 0.00926. The van der Waals surface area contributed by atoms with Crippen LogP contribution in [0.15, 0.2) is 84.9 Å². The molecule has 2 amide bonds. The van der Waals surface area contributed by atoms with E-state index in [2.05, 4.69) is 55.1 Å². The summed E-state index contributed by atoms with van der Waals surface area (Å²) in [5.74, 6) is 6.20. The van der Waals surface area contributed by atoms with E-state index in [0.29, 0.717) is 17.0 Å². The molecule has 2 saturated heterocycles. The van der Waals surface area contributed by atoms with Crippen molar-refractivity contribution in [3.8, 4) is 46.7 Å². The maximum absolute atomic E-state index is 12.2. The number of aliphatic hydroxyl groups is 2. The van der Waals surface area contributed by atoms with Crippen LogP contribution < -0.4 is 0 Å². The minimum atomic E-state index is -1.60. The molecular weight excluding hydrogens is 815 g/mol. The molecule has 2 saturated carbocycles. The van der Waals surface area contributed by atoms with E-state index in [1.54, 1.807) is 60.3 Å². The molecule has 55 heavy (non-hydrogen) atoms. The molecule has 280 valence electrons. The molecule has 0 bridgehead atoms. The fourth-order valence-corrected chi connectivity index (χ4v) is 7.33. The Morgan fingerprint density at radius 3 is 1.67 bits per heavy atom. The molecule has 6 unspecified atom stereocenters. The quantitative estimate of drug-likeness (QED) is 0.176. The van der Waals surface area contributed by atoms with Crippen LogP contribution in [0.4, 0.5) is 0 Å². The number of methoxy groups -OCH3 is 2. The lowest BCUT2D eigenvalue weighted by Crippen LogP contribution is -2.41.